The van der Waals surface area contributed by atoms with E-state index < -0.39 is 12.2 Å². The molecule has 330 valence electrons. The van der Waals surface area contributed by atoms with Crippen LogP contribution in [-0.2, 0) is 19.3 Å². The minimum Gasteiger partial charge on any atom is -0.508 e. The van der Waals surface area contributed by atoms with Gasteiger partial charge in [-0.1, -0.05) is 58.3 Å². The number of hydrogen-bond donors (Lipinski definition) is 6. The van der Waals surface area contributed by atoms with Crippen LogP contribution in [0.15, 0.2) is 53.5 Å². The minimum absolute atomic E-state index is 0.0571. The molecule has 10 heteroatoms. The van der Waals surface area contributed by atoms with E-state index in [0.29, 0.717) is 53.7 Å². The smallest absolute Gasteiger partial charge is 0.185 e. The molecule has 5 aliphatic rings. The van der Waals surface area contributed by atoms with Gasteiger partial charge >= 0.3 is 0 Å². The molecule has 8 unspecified atom stereocenters. The maximum atomic E-state index is 12.2. The highest BCUT2D eigenvalue weighted by Crippen LogP contribution is 2.57. The topological polar surface area (TPSA) is 173 Å². The van der Waals surface area contributed by atoms with Crippen molar-refractivity contribution in [3.05, 3.63) is 76.4 Å². The van der Waals surface area contributed by atoms with Gasteiger partial charge in [-0.15, -0.1) is 0 Å². The Balaban J connectivity index is 1.16. The summed E-state index contributed by atoms with van der Waals surface area (Å²) < 4.78 is 20.0. The van der Waals surface area contributed by atoms with Gasteiger partial charge in [-0.05, 0) is 151 Å². The molecule has 0 bridgehead atoms. The molecule has 0 amide bonds. The maximum absolute atomic E-state index is 12.2. The highest BCUT2D eigenvalue weighted by molar-refractivity contribution is 5.84. The largest absolute Gasteiger partial charge is 0.508 e. The van der Waals surface area contributed by atoms with E-state index in [1.165, 1.54) is 32.1 Å². The summed E-state index contributed by atoms with van der Waals surface area (Å²) in [4.78, 5) is 4.34. The molecule has 3 aromatic carbocycles. The molecule has 10 nitrogen and oxygen atoms in total. The average Bonchev–Trinajstić information content (AvgIpc) is 3.70. The van der Waals surface area contributed by atoms with E-state index in [1.807, 2.05) is 24.3 Å². The van der Waals surface area contributed by atoms with Gasteiger partial charge in [0, 0.05) is 42.7 Å². The summed E-state index contributed by atoms with van der Waals surface area (Å²) in [6, 6.07) is 11.5. The number of ether oxygens (including phenoxy) is 3. The summed E-state index contributed by atoms with van der Waals surface area (Å²) in [6.07, 6.45) is 16.4. The summed E-state index contributed by atoms with van der Waals surface area (Å²) in [5.41, 5.74) is 18.6. The van der Waals surface area contributed by atoms with Crippen LogP contribution >= 0.6 is 0 Å². The molecule has 8 atom stereocenters. The predicted molar refractivity (Wildman–Crippen MR) is 240 cm³/mol. The molecule has 8 rings (SSSR count). The highest BCUT2D eigenvalue weighted by Gasteiger charge is 2.48. The standard InChI is InChI=1S/C51H69N3O7/c1-5-30-22-32(11-10-31(30)15-20-55)36-23-34-25-41(57)35(21-29(2)3)24-37(34)48-46(59-4)28-44-38(47(36)48)27-42(58)49(61-44)33-12-13-40(56)45(26-33)60-43-9-8-18-51(16-6-7-17-51)39(43)14-19-54-50(52)53/h10-13,24-26,28-32,36,39,42-43,49,55-58H,5-9,14-23,27H2,1-4H3,(H4,52,53,54). The molecule has 1 aliphatic heterocycles. The number of nitrogens with two attached hydrogens (primary N) is 2. The number of benzene rings is 3. The summed E-state index contributed by atoms with van der Waals surface area (Å²) in [5.74, 6) is 3.97. The van der Waals surface area contributed by atoms with Crippen LogP contribution in [0.25, 0.3) is 11.1 Å². The van der Waals surface area contributed by atoms with Gasteiger partial charge in [-0.2, -0.15) is 0 Å². The summed E-state index contributed by atoms with van der Waals surface area (Å²) in [7, 11) is 1.71. The Labute approximate surface area is 362 Å². The number of guanidine groups is 1. The van der Waals surface area contributed by atoms with Crippen LogP contribution in [-0.4, -0.2) is 58.9 Å². The van der Waals surface area contributed by atoms with Crippen molar-refractivity contribution in [3.8, 4) is 39.9 Å². The second-order valence-electron chi connectivity index (χ2n) is 19.4. The lowest BCUT2D eigenvalue weighted by Gasteiger charge is -2.46. The number of phenols is 2. The van der Waals surface area contributed by atoms with Crippen molar-refractivity contribution in [1.29, 1.82) is 0 Å². The second kappa shape index (κ2) is 18.1. The predicted octanol–water partition coefficient (Wildman–Crippen LogP) is 9.02. The molecule has 2 saturated carbocycles. The van der Waals surface area contributed by atoms with Crippen LogP contribution in [0.1, 0.15) is 131 Å². The Morgan fingerprint density at radius 2 is 1.75 bits per heavy atom. The van der Waals surface area contributed by atoms with Gasteiger partial charge in [0.15, 0.2) is 17.5 Å². The quantitative estimate of drug-likeness (QED) is 0.0558. The van der Waals surface area contributed by atoms with Crippen LogP contribution < -0.4 is 25.7 Å². The van der Waals surface area contributed by atoms with E-state index in [2.05, 4.69) is 44.0 Å². The third-order valence-electron chi connectivity index (χ3n) is 15.3. The number of nitrogens with zero attached hydrogens (tertiary/aromatic N) is 1. The molecule has 0 radical (unpaired) electrons. The summed E-state index contributed by atoms with van der Waals surface area (Å²) in [5, 5.41) is 44.6. The van der Waals surface area contributed by atoms with E-state index in [1.54, 1.807) is 13.2 Å². The fourth-order valence-electron chi connectivity index (χ4n) is 12.4. The Hall–Kier alpha value is -4.41. The van der Waals surface area contributed by atoms with E-state index in [4.69, 9.17) is 25.7 Å². The van der Waals surface area contributed by atoms with Crippen molar-refractivity contribution >= 4 is 5.96 Å². The first-order chi connectivity index (χ1) is 29.4. The van der Waals surface area contributed by atoms with Gasteiger partial charge in [0.25, 0.3) is 0 Å². The van der Waals surface area contributed by atoms with Gasteiger partial charge in [0.2, 0.25) is 0 Å². The van der Waals surface area contributed by atoms with Gasteiger partial charge in [-0.3, -0.25) is 4.99 Å². The van der Waals surface area contributed by atoms with Crippen molar-refractivity contribution in [1.82, 2.24) is 0 Å². The number of rotatable bonds is 13. The van der Waals surface area contributed by atoms with Crippen LogP contribution in [0.2, 0.25) is 0 Å². The molecular formula is C51H69N3O7. The van der Waals surface area contributed by atoms with Gasteiger partial charge in [0.05, 0.1) is 13.2 Å². The van der Waals surface area contributed by atoms with Crippen LogP contribution in [0.4, 0.5) is 0 Å². The third kappa shape index (κ3) is 8.56. The lowest BCUT2D eigenvalue weighted by atomic mass is 9.62. The number of hydrogen-bond acceptors (Lipinski definition) is 8. The van der Waals surface area contributed by atoms with Crippen LogP contribution in [0.3, 0.4) is 0 Å². The number of phenolic OH excluding ortho intramolecular Hbond substituents is 2. The zero-order valence-electron chi connectivity index (χ0n) is 36.7. The zero-order chi connectivity index (χ0) is 43.0. The average molecular weight is 836 g/mol. The first-order valence-electron chi connectivity index (χ1n) is 23.2. The molecular weight excluding hydrogens is 767 g/mol. The van der Waals surface area contributed by atoms with E-state index in [0.717, 1.165) is 90.3 Å². The molecule has 1 spiro atoms. The normalized spacial score (nSPS) is 27.5. The van der Waals surface area contributed by atoms with Crippen molar-refractivity contribution in [2.75, 3.05) is 20.3 Å². The third-order valence-corrected chi connectivity index (χ3v) is 15.3. The fourth-order valence-corrected chi connectivity index (χ4v) is 12.4. The van der Waals surface area contributed by atoms with Crippen molar-refractivity contribution in [2.24, 2.45) is 51.5 Å². The Bertz CT molecular complexity index is 2100. The molecule has 8 N–H and O–H groups in total. The fraction of sp³-hybridized carbons (Fsp3) is 0.588. The number of aromatic hydroxyl groups is 2. The molecule has 0 saturated heterocycles. The van der Waals surface area contributed by atoms with Crippen molar-refractivity contribution in [3.63, 3.8) is 0 Å². The molecule has 3 aromatic rings. The van der Waals surface area contributed by atoms with Crippen molar-refractivity contribution in [2.45, 2.75) is 135 Å². The first-order valence-corrected chi connectivity index (χ1v) is 23.2. The number of methoxy groups -OCH3 is 1. The number of aliphatic imine (C=N–C) groups is 1. The van der Waals surface area contributed by atoms with Gasteiger partial charge < -0.3 is 46.1 Å². The lowest BCUT2D eigenvalue weighted by molar-refractivity contribution is -0.0148. The van der Waals surface area contributed by atoms with Crippen molar-refractivity contribution < 1.29 is 34.6 Å². The maximum Gasteiger partial charge on any atom is 0.185 e. The number of aliphatic hydroxyl groups is 2. The number of fused-ring (bicyclic) bond motifs is 5. The molecule has 0 aromatic heterocycles. The molecule has 4 aliphatic carbocycles. The highest BCUT2D eigenvalue weighted by atomic mass is 16.5. The van der Waals surface area contributed by atoms with E-state index >= 15 is 0 Å². The Morgan fingerprint density at radius 3 is 2.48 bits per heavy atom. The second-order valence-corrected chi connectivity index (χ2v) is 19.4. The Morgan fingerprint density at radius 1 is 0.967 bits per heavy atom. The van der Waals surface area contributed by atoms with Crippen LogP contribution in [0, 0.1) is 35.0 Å². The molecule has 61 heavy (non-hydrogen) atoms. The monoisotopic (exact) mass is 836 g/mol. The SMILES string of the molecule is CCC1CC(C2Cc3cc(O)c(CC(C)C)cc3-c3c(OC)cc4c(c32)CC(O)C(c2ccc(O)c(OC3CCCC5(CCCC5)C3CCN=C(N)N)c2)O4)C=CC1CCO. The van der Waals surface area contributed by atoms with E-state index in [-0.39, 0.29) is 47.6 Å². The summed E-state index contributed by atoms with van der Waals surface area (Å²) >= 11 is 0. The zero-order valence-corrected chi connectivity index (χ0v) is 36.7. The lowest BCUT2D eigenvalue weighted by Crippen LogP contribution is -2.44. The molecule has 2 fully saturated rings. The number of aliphatic hydroxyl groups excluding tert-OH is 2. The van der Waals surface area contributed by atoms with Gasteiger partial charge in [0.1, 0.15) is 29.5 Å². The Kier molecular flexibility index (Phi) is 12.9. The minimum atomic E-state index is -0.872. The van der Waals surface area contributed by atoms with E-state index in [9.17, 15) is 20.4 Å². The first kappa shape index (κ1) is 43.2. The summed E-state index contributed by atoms with van der Waals surface area (Å²) in [6.45, 7) is 7.29. The molecule has 1 heterocycles. The number of allylic oxidation sites excluding steroid dienone is 2. The van der Waals surface area contributed by atoms with Gasteiger partial charge in [-0.25, -0.2) is 0 Å². The van der Waals surface area contributed by atoms with Crippen LogP contribution in [0.5, 0.6) is 28.7 Å².